The molecule has 0 bridgehead atoms. The Labute approximate surface area is 163 Å². The van der Waals surface area contributed by atoms with E-state index in [2.05, 4.69) is 20.5 Å². The fourth-order valence-electron chi connectivity index (χ4n) is 2.15. The van der Waals surface area contributed by atoms with E-state index in [0.29, 0.717) is 21.5 Å². The van der Waals surface area contributed by atoms with Crippen LogP contribution in [0.4, 0.5) is 10.8 Å². The van der Waals surface area contributed by atoms with Crippen LogP contribution in [0.1, 0.15) is 12.7 Å². The Kier molecular flexibility index (Phi) is 5.51. The average molecular weight is 404 g/mol. The largest absolute Gasteiger partial charge is 0.309 e. The van der Waals surface area contributed by atoms with E-state index in [1.165, 1.54) is 35.2 Å². The van der Waals surface area contributed by atoms with Gasteiger partial charge in [0.05, 0.1) is 15.9 Å². The second kappa shape index (κ2) is 7.84. The van der Waals surface area contributed by atoms with Gasteiger partial charge in [-0.15, -0.1) is 21.5 Å². The first kappa shape index (κ1) is 19.0. The van der Waals surface area contributed by atoms with Gasteiger partial charge < -0.3 is 9.88 Å². The molecule has 1 aromatic carbocycles. The minimum Gasteiger partial charge on any atom is -0.309 e. The highest BCUT2D eigenvalue weighted by atomic mass is 32.2. The second-order valence-corrected chi connectivity index (χ2v) is 7.85. The van der Waals surface area contributed by atoms with Crippen LogP contribution < -0.4 is 5.32 Å². The van der Waals surface area contributed by atoms with Crippen molar-refractivity contribution in [1.82, 2.24) is 19.7 Å². The molecule has 3 rings (SSSR count). The summed E-state index contributed by atoms with van der Waals surface area (Å²) in [5.41, 5.74) is 1.19. The number of carbonyl (C=O) groups excluding carboxylic acids is 1. The molecule has 9 nitrogen and oxygen atoms in total. The number of hydrogen-bond donors (Lipinski definition) is 1. The number of aromatic nitrogens is 4. The Morgan fingerprint density at radius 1 is 1.41 bits per heavy atom. The van der Waals surface area contributed by atoms with Gasteiger partial charge in [0.1, 0.15) is 5.82 Å². The molecule has 140 valence electrons. The maximum atomic E-state index is 12.4. The number of thiazole rings is 1. The number of thioether (sulfide) groups is 1. The number of aryl methyl sites for hydroxylation is 1. The number of non-ortho nitro benzene ring substituents is 1. The zero-order valence-electron chi connectivity index (χ0n) is 14.7. The van der Waals surface area contributed by atoms with Crippen molar-refractivity contribution in [3.8, 4) is 11.3 Å². The van der Waals surface area contributed by atoms with Crippen LogP contribution in [0.15, 0.2) is 34.8 Å². The number of nitrogens with zero attached hydrogens (tertiary/aromatic N) is 5. The summed E-state index contributed by atoms with van der Waals surface area (Å²) >= 11 is 2.57. The fourth-order valence-corrected chi connectivity index (χ4v) is 3.73. The summed E-state index contributed by atoms with van der Waals surface area (Å²) in [6.07, 6.45) is 0. The highest BCUT2D eigenvalue weighted by Crippen LogP contribution is 2.28. The molecule has 27 heavy (non-hydrogen) atoms. The average Bonchev–Trinajstić information content (AvgIpc) is 3.24. The van der Waals surface area contributed by atoms with Gasteiger partial charge in [-0.1, -0.05) is 23.9 Å². The fraction of sp³-hybridized carbons (Fsp3) is 0.250. The molecule has 0 aliphatic rings. The number of benzene rings is 1. The number of nitro groups is 1. The molecule has 1 amide bonds. The van der Waals surface area contributed by atoms with Crippen molar-refractivity contribution >= 4 is 39.8 Å². The van der Waals surface area contributed by atoms with Gasteiger partial charge in [-0.25, -0.2) is 4.98 Å². The summed E-state index contributed by atoms with van der Waals surface area (Å²) < 4.78 is 1.82. The third-order valence-electron chi connectivity index (χ3n) is 3.79. The molecular formula is C16H16N6O3S2. The lowest BCUT2D eigenvalue weighted by atomic mass is 10.1. The van der Waals surface area contributed by atoms with Crippen LogP contribution in [-0.4, -0.2) is 35.8 Å². The molecule has 0 aliphatic carbocycles. The van der Waals surface area contributed by atoms with E-state index >= 15 is 0 Å². The van der Waals surface area contributed by atoms with Gasteiger partial charge in [0.15, 0.2) is 10.3 Å². The maximum absolute atomic E-state index is 12.4. The smallest absolute Gasteiger partial charge is 0.270 e. The molecule has 0 radical (unpaired) electrons. The highest BCUT2D eigenvalue weighted by Gasteiger charge is 2.19. The topological polar surface area (TPSA) is 116 Å². The van der Waals surface area contributed by atoms with Crippen molar-refractivity contribution < 1.29 is 9.72 Å². The lowest BCUT2D eigenvalue weighted by Gasteiger charge is -2.09. The van der Waals surface area contributed by atoms with Crippen molar-refractivity contribution in [2.45, 2.75) is 24.3 Å². The third kappa shape index (κ3) is 4.31. The first-order valence-electron chi connectivity index (χ1n) is 7.89. The van der Waals surface area contributed by atoms with E-state index < -0.39 is 10.2 Å². The van der Waals surface area contributed by atoms with Crippen LogP contribution in [0.5, 0.6) is 0 Å². The van der Waals surface area contributed by atoms with Gasteiger partial charge in [-0.2, -0.15) is 0 Å². The number of nitrogens with one attached hydrogen (secondary N) is 1. The molecule has 0 spiro atoms. The van der Waals surface area contributed by atoms with Gasteiger partial charge in [-0.05, 0) is 13.8 Å². The van der Waals surface area contributed by atoms with Crippen molar-refractivity contribution in [3.05, 3.63) is 45.6 Å². The Morgan fingerprint density at radius 2 is 2.19 bits per heavy atom. The number of hydrogen-bond acceptors (Lipinski definition) is 8. The highest BCUT2D eigenvalue weighted by molar-refractivity contribution is 8.00. The molecule has 0 saturated carbocycles. The van der Waals surface area contributed by atoms with E-state index in [0.717, 1.165) is 5.82 Å². The molecule has 0 aliphatic heterocycles. The minimum absolute atomic E-state index is 0.00456. The van der Waals surface area contributed by atoms with Gasteiger partial charge >= 0.3 is 0 Å². The monoisotopic (exact) mass is 404 g/mol. The van der Waals surface area contributed by atoms with Crippen LogP contribution in [-0.2, 0) is 11.8 Å². The van der Waals surface area contributed by atoms with Crippen molar-refractivity contribution in [1.29, 1.82) is 0 Å². The van der Waals surface area contributed by atoms with Crippen molar-refractivity contribution in [2.24, 2.45) is 7.05 Å². The summed E-state index contributed by atoms with van der Waals surface area (Å²) in [6.45, 7) is 3.62. The standard InChI is InChI=1S/C16H16N6O3S2/c1-9(27-16-20-19-10(2)21(16)3)14(23)18-15-17-13(8-26-15)11-5-4-6-12(7-11)22(24)25/h4-9H,1-3H3,(H,17,18,23). The van der Waals surface area contributed by atoms with Crippen LogP contribution in [0.3, 0.4) is 0 Å². The molecule has 0 fully saturated rings. The molecule has 11 heteroatoms. The molecule has 1 N–H and O–H groups in total. The number of amides is 1. The van der Waals surface area contributed by atoms with Gasteiger partial charge in [-0.3, -0.25) is 14.9 Å². The number of carbonyl (C=O) groups is 1. The summed E-state index contributed by atoms with van der Waals surface area (Å²) in [6, 6.07) is 6.22. The van der Waals surface area contributed by atoms with E-state index in [1.54, 1.807) is 24.4 Å². The third-order valence-corrected chi connectivity index (χ3v) is 5.68. The molecule has 0 saturated heterocycles. The predicted molar refractivity (Wildman–Crippen MR) is 104 cm³/mol. The van der Waals surface area contributed by atoms with Crippen LogP contribution in [0.25, 0.3) is 11.3 Å². The first-order chi connectivity index (χ1) is 12.8. The van der Waals surface area contributed by atoms with Crippen LogP contribution >= 0.6 is 23.1 Å². The number of rotatable bonds is 6. The van der Waals surface area contributed by atoms with Crippen LogP contribution in [0.2, 0.25) is 0 Å². The summed E-state index contributed by atoms with van der Waals surface area (Å²) in [5, 5.41) is 24.1. The van der Waals surface area contributed by atoms with Crippen molar-refractivity contribution in [2.75, 3.05) is 5.32 Å². The van der Waals surface area contributed by atoms with Crippen molar-refractivity contribution in [3.63, 3.8) is 0 Å². The Balaban J connectivity index is 1.68. The summed E-state index contributed by atoms with van der Waals surface area (Å²) in [5.74, 6) is 0.562. The Morgan fingerprint density at radius 3 is 2.85 bits per heavy atom. The molecule has 2 heterocycles. The van der Waals surface area contributed by atoms with E-state index in [9.17, 15) is 14.9 Å². The van der Waals surface area contributed by atoms with Gasteiger partial charge in [0.2, 0.25) is 5.91 Å². The lowest BCUT2D eigenvalue weighted by molar-refractivity contribution is -0.384. The predicted octanol–water partition coefficient (Wildman–Crippen LogP) is 3.27. The maximum Gasteiger partial charge on any atom is 0.270 e. The van der Waals surface area contributed by atoms with Gasteiger partial charge in [0.25, 0.3) is 5.69 Å². The molecule has 2 aromatic heterocycles. The number of nitro benzene ring substituents is 1. The summed E-state index contributed by atoms with van der Waals surface area (Å²) in [4.78, 5) is 27.2. The zero-order chi connectivity index (χ0) is 19.6. The second-order valence-electron chi connectivity index (χ2n) is 5.68. The van der Waals surface area contributed by atoms with Gasteiger partial charge in [0, 0.05) is 30.1 Å². The molecule has 1 atom stereocenters. The van der Waals surface area contributed by atoms with Crippen LogP contribution in [0, 0.1) is 17.0 Å². The van der Waals surface area contributed by atoms with E-state index in [4.69, 9.17) is 0 Å². The quantitative estimate of drug-likeness (QED) is 0.381. The zero-order valence-corrected chi connectivity index (χ0v) is 16.4. The van der Waals surface area contributed by atoms with E-state index in [-0.39, 0.29) is 11.6 Å². The molecule has 1 unspecified atom stereocenters. The summed E-state index contributed by atoms with van der Waals surface area (Å²) in [7, 11) is 1.84. The SMILES string of the molecule is Cc1nnc(SC(C)C(=O)Nc2nc(-c3cccc([N+](=O)[O-])c3)cs2)n1C. The first-order valence-corrected chi connectivity index (χ1v) is 9.65. The normalized spacial score (nSPS) is 12.0. The molecule has 3 aromatic rings. The lowest BCUT2D eigenvalue weighted by Crippen LogP contribution is -2.22. The van der Waals surface area contributed by atoms with E-state index in [1.807, 2.05) is 18.5 Å². The minimum atomic E-state index is -0.453. The Hall–Kier alpha value is -2.79. The number of anilines is 1. The Bertz CT molecular complexity index is 1000. The molecular weight excluding hydrogens is 388 g/mol.